The van der Waals surface area contributed by atoms with Crippen LogP contribution in [0, 0.1) is 5.92 Å². The number of likely N-dealkylation sites (N-methyl/N-ethyl adjacent to an activating group) is 1. The summed E-state index contributed by atoms with van der Waals surface area (Å²) in [7, 11) is 1.71. The van der Waals surface area contributed by atoms with Gasteiger partial charge >= 0.3 is 0 Å². The lowest BCUT2D eigenvalue weighted by atomic mass is 10.0. The van der Waals surface area contributed by atoms with Crippen LogP contribution in [-0.2, 0) is 9.59 Å². The molecule has 1 N–H and O–H groups in total. The largest absolute Gasteiger partial charge is 0.389 e. The van der Waals surface area contributed by atoms with Crippen LogP contribution in [0.3, 0.4) is 0 Å². The first-order valence-corrected chi connectivity index (χ1v) is 8.55. The number of amides is 2. The van der Waals surface area contributed by atoms with Crippen LogP contribution in [0.1, 0.15) is 58.8 Å². The van der Waals surface area contributed by atoms with Gasteiger partial charge in [0.15, 0.2) is 0 Å². The lowest BCUT2D eigenvalue weighted by molar-refractivity contribution is -0.137. The summed E-state index contributed by atoms with van der Waals surface area (Å²) in [5.41, 5.74) is -0.909. The molecule has 0 spiro atoms. The number of carbonyl (C=O) groups excluding carboxylic acids is 2. The molecule has 1 saturated heterocycles. The Morgan fingerprint density at radius 2 is 1.86 bits per heavy atom. The van der Waals surface area contributed by atoms with Crippen molar-refractivity contribution in [3.8, 4) is 0 Å². The topological polar surface area (TPSA) is 60.9 Å². The number of hydrogen-bond acceptors (Lipinski definition) is 3. The van der Waals surface area contributed by atoms with Gasteiger partial charge < -0.3 is 14.9 Å². The Hall–Kier alpha value is -1.10. The average Bonchev–Trinajstić information content (AvgIpc) is 2.63. The van der Waals surface area contributed by atoms with Crippen LogP contribution in [-0.4, -0.2) is 58.5 Å². The molecule has 1 saturated carbocycles. The number of rotatable bonds is 4. The quantitative estimate of drug-likeness (QED) is 0.805. The molecule has 1 aliphatic heterocycles. The first-order valence-electron chi connectivity index (χ1n) is 8.55. The van der Waals surface area contributed by atoms with E-state index in [1.54, 1.807) is 25.8 Å². The minimum absolute atomic E-state index is 0.0217. The third kappa shape index (κ3) is 4.45. The maximum absolute atomic E-state index is 12.5. The molecule has 0 aromatic rings. The van der Waals surface area contributed by atoms with Crippen molar-refractivity contribution in [1.82, 2.24) is 9.80 Å². The van der Waals surface area contributed by atoms with Gasteiger partial charge in [-0.2, -0.15) is 0 Å². The molecule has 2 amide bonds. The first-order chi connectivity index (χ1) is 10.3. The highest BCUT2D eigenvalue weighted by Crippen LogP contribution is 2.29. The zero-order valence-electron chi connectivity index (χ0n) is 14.2. The van der Waals surface area contributed by atoms with Gasteiger partial charge in [0.05, 0.1) is 11.5 Å². The van der Waals surface area contributed by atoms with Gasteiger partial charge in [-0.1, -0.05) is 25.7 Å². The molecule has 126 valence electrons. The van der Waals surface area contributed by atoms with Crippen molar-refractivity contribution in [2.45, 2.75) is 70.4 Å². The van der Waals surface area contributed by atoms with Gasteiger partial charge in [-0.05, 0) is 26.7 Å². The molecule has 2 aliphatic rings. The fraction of sp³-hybridized carbons (Fsp3) is 0.882. The number of hydrogen-bond donors (Lipinski definition) is 1. The summed E-state index contributed by atoms with van der Waals surface area (Å²) in [5.74, 6) is -0.142. The Kier molecular flexibility index (Phi) is 5.48. The first kappa shape index (κ1) is 17.3. The highest BCUT2D eigenvalue weighted by molar-refractivity contribution is 5.89. The van der Waals surface area contributed by atoms with Gasteiger partial charge in [-0.15, -0.1) is 0 Å². The van der Waals surface area contributed by atoms with E-state index < -0.39 is 5.60 Å². The number of carbonyl (C=O) groups is 2. The number of likely N-dealkylation sites (tertiary alicyclic amines) is 1. The molecular weight excluding hydrogens is 280 g/mol. The van der Waals surface area contributed by atoms with Crippen molar-refractivity contribution < 1.29 is 14.7 Å². The normalized spacial score (nSPS) is 24.5. The van der Waals surface area contributed by atoms with Crippen LogP contribution >= 0.6 is 0 Å². The summed E-state index contributed by atoms with van der Waals surface area (Å²) >= 11 is 0. The molecular formula is C17H30N2O3. The van der Waals surface area contributed by atoms with Gasteiger partial charge in [0, 0.05) is 32.6 Å². The molecule has 1 aliphatic carbocycles. The Balaban J connectivity index is 1.94. The highest BCUT2D eigenvalue weighted by atomic mass is 16.3. The van der Waals surface area contributed by atoms with Crippen molar-refractivity contribution >= 4 is 11.8 Å². The predicted octanol–water partition coefficient (Wildman–Crippen LogP) is 1.79. The molecule has 0 aromatic carbocycles. The molecule has 1 unspecified atom stereocenters. The van der Waals surface area contributed by atoms with E-state index in [0.29, 0.717) is 25.6 Å². The molecule has 5 nitrogen and oxygen atoms in total. The SMILES string of the molecule is CN(CC(C)(C)O)C(=O)C1CC(=O)N(C2CCCCCC2)C1. The van der Waals surface area contributed by atoms with Crippen LogP contribution in [0.15, 0.2) is 0 Å². The lowest BCUT2D eigenvalue weighted by Crippen LogP contribution is -2.43. The van der Waals surface area contributed by atoms with Crippen LogP contribution in [0.5, 0.6) is 0 Å². The van der Waals surface area contributed by atoms with E-state index in [4.69, 9.17) is 0 Å². The Morgan fingerprint density at radius 1 is 1.27 bits per heavy atom. The third-order valence-corrected chi connectivity index (χ3v) is 4.77. The second-order valence-electron chi connectivity index (χ2n) is 7.60. The van der Waals surface area contributed by atoms with Gasteiger partial charge in [0.2, 0.25) is 11.8 Å². The zero-order chi connectivity index (χ0) is 16.3. The summed E-state index contributed by atoms with van der Waals surface area (Å²) in [6.45, 7) is 4.22. The second-order valence-corrected chi connectivity index (χ2v) is 7.60. The van der Waals surface area contributed by atoms with Crippen molar-refractivity contribution in [2.24, 2.45) is 5.92 Å². The third-order valence-electron chi connectivity index (χ3n) is 4.77. The molecule has 2 rings (SSSR count). The minimum atomic E-state index is -0.909. The molecule has 1 atom stereocenters. The fourth-order valence-corrected chi connectivity index (χ4v) is 3.79. The van der Waals surface area contributed by atoms with Crippen molar-refractivity contribution in [3.63, 3.8) is 0 Å². The van der Waals surface area contributed by atoms with Crippen molar-refractivity contribution in [1.29, 1.82) is 0 Å². The van der Waals surface area contributed by atoms with E-state index >= 15 is 0 Å². The monoisotopic (exact) mass is 310 g/mol. The predicted molar refractivity (Wildman–Crippen MR) is 85.2 cm³/mol. The Morgan fingerprint density at radius 3 is 2.41 bits per heavy atom. The Bertz CT molecular complexity index is 409. The van der Waals surface area contributed by atoms with Crippen molar-refractivity contribution in [2.75, 3.05) is 20.1 Å². The maximum Gasteiger partial charge on any atom is 0.227 e. The molecule has 1 heterocycles. The van der Waals surface area contributed by atoms with E-state index in [1.807, 2.05) is 4.90 Å². The summed E-state index contributed by atoms with van der Waals surface area (Å²) in [6.07, 6.45) is 7.37. The molecule has 5 heteroatoms. The average molecular weight is 310 g/mol. The van der Waals surface area contributed by atoms with E-state index in [2.05, 4.69) is 0 Å². The Labute approximate surface area is 133 Å². The fourth-order valence-electron chi connectivity index (χ4n) is 3.79. The second kappa shape index (κ2) is 6.99. The molecule has 0 bridgehead atoms. The summed E-state index contributed by atoms with van der Waals surface area (Å²) in [5, 5.41) is 9.85. The molecule has 0 aromatic heterocycles. The van der Waals surface area contributed by atoms with E-state index in [-0.39, 0.29) is 17.7 Å². The van der Waals surface area contributed by atoms with Crippen molar-refractivity contribution in [3.05, 3.63) is 0 Å². The smallest absolute Gasteiger partial charge is 0.227 e. The lowest BCUT2D eigenvalue weighted by Gasteiger charge is -2.29. The minimum Gasteiger partial charge on any atom is -0.389 e. The zero-order valence-corrected chi connectivity index (χ0v) is 14.2. The van der Waals surface area contributed by atoms with Crippen LogP contribution < -0.4 is 0 Å². The van der Waals surface area contributed by atoms with Crippen LogP contribution in [0.25, 0.3) is 0 Å². The van der Waals surface area contributed by atoms with E-state index in [0.717, 1.165) is 12.8 Å². The van der Waals surface area contributed by atoms with Gasteiger partial charge in [0.25, 0.3) is 0 Å². The number of nitrogens with zero attached hydrogens (tertiary/aromatic N) is 2. The standard InChI is InChI=1S/C17H30N2O3/c1-17(2,22)12-18(3)16(21)13-10-15(20)19(11-13)14-8-6-4-5-7-9-14/h13-14,22H,4-12H2,1-3H3. The summed E-state index contributed by atoms with van der Waals surface area (Å²) in [6, 6.07) is 0.326. The van der Waals surface area contributed by atoms with Crippen LogP contribution in [0.2, 0.25) is 0 Å². The highest BCUT2D eigenvalue weighted by Gasteiger charge is 2.39. The van der Waals surface area contributed by atoms with Gasteiger partial charge in [0.1, 0.15) is 0 Å². The van der Waals surface area contributed by atoms with Gasteiger partial charge in [-0.25, -0.2) is 0 Å². The molecule has 0 radical (unpaired) electrons. The summed E-state index contributed by atoms with van der Waals surface area (Å²) < 4.78 is 0. The number of aliphatic hydroxyl groups is 1. The summed E-state index contributed by atoms with van der Waals surface area (Å²) in [4.78, 5) is 28.3. The molecule has 2 fully saturated rings. The maximum atomic E-state index is 12.5. The van der Waals surface area contributed by atoms with Gasteiger partial charge in [-0.3, -0.25) is 9.59 Å². The van der Waals surface area contributed by atoms with E-state index in [1.165, 1.54) is 25.7 Å². The van der Waals surface area contributed by atoms with Crippen LogP contribution in [0.4, 0.5) is 0 Å². The van der Waals surface area contributed by atoms with E-state index in [9.17, 15) is 14.7 Å². The molecule has 22 heavy (non-hydrogen) atoms.